The standard InChI is InChI=1S/C14H18N4O3S/c1-14(2)7-10-5-4-6-11(13(10)21-14)22(19,20)17-8-12-15-9-16-18(12)3/h4-6,9,17H,7-8H2,1-3H3. The lowest BCUT2D eigenvalue weighted by atomic mass is 10.0. The molecule has 2 aromatic rings. The molecule has 3 rings (SSSR count). The van der Waals surface area contributed by atoms with E-state index >= 15 is 0 Å². The summed E-state index contributed by atoms with van der Waals surface area (Å²) >= 11 is 0. The molecule has 0 unspecified atom stereocenters. The number of aryl methyl sites for hydroxylation is 1. The number of sulfonamides is 1. The van der Waals surface area contributed by atoms with Crippen molar-refractivity contribution in [3.05, 3.63) is 35.9 Å². The maximum atomic E-state index is 12.6. The van der Waals surface area contributed by atoms with Crippen molar-refractivity contribution in [3.8, 4) is 5.75 Å². The highest BCUT2D eigenvalue weighted by atomic mass is 32.2. The zero-order chi connectivity index (χ0) is 16.0. The molecule has 0 amide bonds. The summed E-state index contributed by atoms with van der Waals surface area (Å²) in [5.74, 6) is 0.982. The molecule has 1 aromatic heterocycles. The minimum absolute atomic E-state index is 0.0753. The molecule has 1 aliphatic rings. The van der Waals surface area contributed by atoms with Gasteiger partial charge in [0.15, 0.2) is 0 Å². The average molecular weight is 322 g/mol. The van der Waals surface area contributed by atoms with Gasteiger partial charge in [0.25, 0.3) is 0 Å². The number of hydrogen-bond donors (Lipinski definition) is 1. The van der Waals surface area contributed by atoms with Crippen LogP contribution in [-0.4, -0.2) is 28.8 Å². The summed E-state index contributed by atoms with van der Waals surface area (Å²) in [6, 6.07) is 5.19. The van der Waals surface area contributed by atoms with Crippen LogP contribution in [0.4, 0.5) is 0 Å². The van der Waals surface area contributed by atoms with E-state index < -0.39 is 15.6 Å². The number of fused-ring (bicyclic) bond motifs is 1. The number of nitrogens with one attached hydrogen (secondary N) is 1. The van der Waals surface area contributed by atoms with Gasteiger partial charge in [0.1, 0.15) is 28.4 Å². The molecule has 118 valence electrons. The minimum atomic E-state index is -3.68. The molecule has 7 nitrogen and oxygen atoms in total. The lowest BCUT2D eigenvalue weighted by Crippen LogP contribution is -2.27. The van der Waals surface area contributed by atoms with Gasteiger partial charge in [-0.05, 0) is 25.5 Å². The number of hydrogen-bond acceptors (Lipinski definition) is 5. The van der Waals surface area contributed by atoms with Gasteiger partial charge in [-0.2, -0.15) is 5.10 Å². The second kappa shape index (κ2) is 5.06. The molecule has 0 radical (unpaired) electrons. The van der Waals surface area contributed by atoms with Gasteiger partial charge in [0.05, 0.1) is 6.54 Å². The second-order valence-electron chi connectivity index (χ2n) is 5.91. The van der Waals surface area contributed by atoms with Crippen LogP contribution in [0.1, 0.15) is 25.2 Å². The largest absolute Gasteiger partial charge is 0.486 e. The Kier molecular flexibility index (Phi) is 3.45. The van der Waals surface area contributed by atoms with Crippen molar-refractivity contribution < 1.29 is 13.2 Å². The van der Waals surface area contributed by atoms with E-state index in [1.165, 1.54) is 11.0 Å². The first-order valence-electron chi connectivity index (χ1n) is 6.92. The SMILES string of the molecule is Cn1ncnc1CNS(=O)(=O)c1cccc2c1OC(C)(C)C2. The van der Waals surface area contributed by atoms with Crippen molar-refractivity contribution in [1.29, 1.82) is 0 Å². The van der Waals surface area contributed by atoms with Crippen LogP contribution in [0.25, 0.3) is 0 Å². The van der Waals surface area contributed by atoms with E-state index in [9.17, 15) is 8.42 Å². The number of rotatable bonds is 4. The number of benzene rings is 1. The molecule has 2 heterocycles. The van der Waals surface area contributed by atoms with E-state index in [4.69, 9.17) is 4.74 Å². The van der Waals surface area contributed by atoms with Gasteiger partial charge in [-0.15, -0.1) is 0 Å². The fraction of sp³-hybridized carbons (Fsp3) is 0.429. The maximum absolute atomic E-state index is 12.6. The van der Waals surface area contributed by atoms with Crippen LogP contribution in [0, 0.1) is 0 Å². The molecule has 1 aliphatic heterocycles. The molecule has 1 aromatic carbocycles. The van der Waals surface area contributed by atoms with Crippen LogP contribution >= 0.6 is 0 Å². The molecule has 0 saturated carbocycles. The first kappa shape index (κ1) is 15.0. The number of nitrogens with zero attached hydrogens (tertiary/aromatic N) is 3. The van der Waals surface area contributed by atoms with Crippen molar-refractivity contribution in [2.45, 2.75) is 37.3 Å². The zero-order valence-electron chi connectivity index (χ0n) is 12.7. The van der Waals surface area contributed by atoms with Crippen LogP contribution < -0.4 is 9.46 Å². The van der Waals surface area contributed by atoms with Gasteiger partial charge in [-0.25, -0.2) is 18.1 Å². The zero-order valence-corrected chi connectivity index (χ0v) is 13.5. The van der Waals surface area contributed by atoms with Crippen molar-refractivity contribution in [3.63, 3.8) is 0 Å². The molecule has 0 atom stereocenters. The Bertz CT molecular complexity index is 811. The third-order valence-electron chi connectivity index (χ3n) is 3.57. The summed E-state index contributed by atoms with van der Waals surface area (Å²) in [5, 5.41) is 3.91. The highest BCUT2D eigenvalue weighted by molar-refractivity contribution is 7.89. The van der Waals surface area contributed by atoms with E-state index in [-0.39, 0.29) is 11.4 Å². The number of ether oxygens (including phenoxy) is 1. The Morgan fingerprint density at radius 1 is 1.41 bits per heavy atom. The number of para-hydroxylation sites is 1. The van der Waals surface area contributed by atoms with Crippen LogP contribution in [0.2, 0.25) is 0 Å². The van der Waals surface area contributed by atoms with Crippen molar-refractivity contribution in [1.82, 2.24) is 19.5 Å². The summed E-state index contributed by atoms with van der Waals surface area (Å²) in [6.07, 6.45) is 2.07. The number of aromatic nitrogens is 3. The first-order chi connectivity index (χ1) is 10.3. The molecular formula is C14H18N4O3S. The summed E-state index contributed by atoms with van der Waals surface area (Å²) in [5.41, 5.74) is 0.518. The van der Waals surface area contributed by atoms with Crippen LogP contribution in [0.5, 0.6) is 5.75 Å². The second-order valence-corrected chi connectivity index (χ2v) is 7.64. The van der Waals surface area contributed by atoms with E-state index in [2.05, 4.69) is 14.8 Å². The predicted molar refractivity (Wildman–Crippen MR) is 79.9 cm³/mol. The Hall–Kier alpha value is -1.93. The normalized spacial score (nSPS) is 16.3. The summed E-state index contributed by atoms with van der Waals surface area (Å²) in [4.78, 5) is 4.17. The average Bonchev–Trinajstić information content (AvgIpc) is 2.96. The highest BCUT2D eigenvalue weighted by Gasteiger charge is 2.34. The van der Waals surface area contributed by atoms with Gasteiger partial charge in [0, 0.05) is 13.5 Å². The summed E-state index contributed by atoms with van der Waals surface area (Å²) in [7, 11) is -1.97. The lowest BCUT2D eigenvalue weighted by molar-refractivity contribution is 0.135. The van der Waals surface area contributed by atoms with Crippen molar-refractivity contribution in [2.75, 3.05) is 0 Å². The van der Waals surface area contributed by atoms with E-state index in [0.717, 1.165) is 5.56 Å². The van der Waals surface area contributed by atoms with E-state index in [0.29, 0.717) is 18.0 Å². The molecule has 0 aliphatic carbocycles. The minimum Gasteiger partial charge on any atom is -0.486 e. The summed E-state index contributed by atoms with van der Waals surface area (Å²) < 4.78 is 35.0. The van der Waals surface area contributed by atoms with E-state index in [1.54, 1.807) is 19.2 Å². The Balaban J connectivity index is 1.88. The third-order valence-corrected chi connectivity index (χ3v) is 4.99. The van der Waals surface area contributed by atoms with Gasteiger partial charge in [-0.1, -0.05) is 12.1 Å². The molecule has 0 bridgehead atoms. The first-order valence-corrected chi connectivity index (χ1v) is 8.40. The molecule has 8 heteroatoms. The Morgan fingerprint density at radius 3 is 2.86 bits per heavy atom. The Labute approximate surface area is 129 Å². The van der Waals surface area contributed by atoms with Gasteiger partial charge >= 0.3 is 0 Å². The highest BCUT2D eigenvalue weighted by Crippen LogP contribution is 2.39. The Morgan fingerprint density at radius 2 is 2.18 bits per heavy atom. The molecular weight excluding hydrogens is 304 g/mol. The van der Waals surface area contributed by atoms with Gasteiger partial charge in [0.2, 0.25) is 10.0 Å². The summed E-state index contributed by atoms with van der Waals surface area (Å²) in [6.45, 7) is 3.96. The van der Waals surface area contributed by atoms with Crippen LogP contribution in [-0.2, 0) is 30.0 Å². The van der Waals surface area contributed by atoms with Crippen LogP contribution in [0.3, 0.4) is 0 Å². The predicted octanol–water partition coefficient (Wildman–Crippen LogP) is 1.01. The van der Waals surface area contributed by atoms with Crippen molar-refractivity contribution in [2.24, 2.45) is 7.05 Å². The molecule has 0 fully saturated rings. The molecule has 0 saturated heterocycles. The molecule has 1 N–H and O–H groups in total. The van der Waals surface area contributed by atoms with Gasteiger partial charge < -0.3 is 4.74 Å². The van der Waals surface area contributed by atoms with E-state index in [1.807, 2.05) is 19.9 Å². The topological polar surface area (TPSA) is 86.1 Å². The monoisotopic (exact) mass is 322 g/mol. The fourth-order valence-electron chi connectivity index (χ4n) is 2.52. The fourth-order valence-corrected chi connectivity index (χ4v) is 3.67. The molecule has 22 heavy (non-hydrogen) atoms. The van der Waals surface area contributed by atoms with Gasteiger partial charge in [-0.3, -0.25) is 4.68 Å². The maximum Gasteiger partial charge on any atom is 0.244 e. The third kappa shape index (κ3) is 2.71. The molecule has 0 spiro atoms. The quantitative estimate of drug-likeness (QED) is 0.908. The smallest absolute Gasteiger partial charge is 0.244 e. The lowest BCUT2D eigenvalue weighted by Gasteiger charge is -2.18. The van der Waals surface area contributed by atoms with Crippen molar-refractivity contribution >= 4 is 10.0 Å². The van der Waals surface area contributed by atoms with Crippen LogP contribution in [0.15, 0.2) is 29.4 Å².